The standard InChI is InChI=1S/C16H21FN2O.ClH/c1-18-10-7-14(20)19-11-16(8-2-3-9-16)15-12(17)5-4-6-13(15)19;/h4-6,18H,2-3,7-11H2,1H3;1H. The van der Waals surface area contributed by atoms with Crippen molar-refractivity contribution in [1.82, 2.24) is 5.32 Å². The molecule has 0 unspecified atom stereocenters. The Labute approximate surface area is 131 Å². The predicted octanol–water partition coefficient (Wildman–Crippen LogP) is 3.02. The van der Waals surface area contributed by atoms with Crippen LogP contribution in [0, 0.1) is 5.82 Å². The fourth-order valence-electron chi connectivity index (χ4n) is 3.78. The molecule has 0 saturated heterocycles. The summed E-state index contributed by atoms with van der Waals surface area (Å²) >= 11 is 0. The van der Waals surface area contributed by atoms with Crippen molar-refractivity contribution in [3.8, 4) is 0 Å². The Morgan fingerprint density at radius 3 is 2.76 bits per heavy atom. The van der Waals surface area contributed by atoms with Gasteiger partial charge in [-0.05, 0) is 32.0 Å². The number of hydrogen-bond donors (Lipinski definition) is 1. The molecular weight excluding hydrogens is 291 g/mol. The van der Waals surface area contributed by atoms with Gasteiger partial charge in [0, 0.05) is 30.5 Å². The Kier molecular flexibility index (Phi) is 4.89. The van der Waals surface area contributed by atoms with Gasteiger partial charge in [-0.3, -0.25) is 4.79 Å². The number of carbonyl (C=O) groups is 1. The summed E-state index contributed by atoms with van der Waals surface area (Å²) in [6.45, 7) is 1.32. The van der Waals surface area contributed by atoms with E-state index in [1.54, 1.807) is 11.0 Å². The van der Waals surface area contributed by atoms with Crippen LogP contribution >= 0.6 is 12.4 Å². The molecule has 1 aromatic carbocycles. The van der Waals surface area contributed by atoms with Crippen LogP contribution in [-0.2, 0) is 10.2 Å². The van der Waals surface area contributed by atoms with Crippen LogP contribution in [0.5, 0.6) is 0 Å². The zero-order chi connectivity index (χ0) is 14.2. The van der Waals surface area contributed by atoms with E-state index in [0.717, 1.165) is 36.9 Å². The van der Waals surface area contributed by atoms with E-state index in [9.17, 15) is 9.18 Å². The van der Waals surface area contributed by atoms with Gasteiger partial charge in [0.1, 0.15) is 5.82 Å². The third-order valence-corrected chi connectivity index (χ3v) is 4.72. The average Bonchev–Trinajstić information content (AvgIpc) is 3.04. The van der Waals surface area contributed by atoms with Gasteiger partial charge >= 0.3 is 0 Å². The van der Waals surface area contributed by atoms with Crippen LogP contribution in [0.15, 0.2) is 18.2 Å². The Bertz CT molecular complexity index is 529. The lowest BCUT2D eigenvalue weighted by molar-refractivity contribution is -0.118. The van der Waals surface area contributed by atoms with Crippen LogP contribution in [0.1, 0.15) is 37.7 Å². The fourth-order valence-corrected chi connectivity index (χ4v) is 3.78. The van der Waals surface area contributed by atoms with Gasteiger partial charge in [-0.1, -0.05) is 18.9 Å². The highest BCUT2D eigenvalue weighted by atomic mass is 35.5. The molecule has 3 nitrogen and oxygen atoms in total. The van der Waals surface area contributed by atoms with Gasteiger partial charge in [-0.15, -0.1) is 12.4 Å². The first-order valence-electron chi connectivity index (χ1n) is 7.42. The van der Waals surface area contributed by atoms with Crippen molar-refractivity contribution < 1.29 is 9.18 Å². The van der Waals surface area contributed by atoms with E-state index in [2.05, 4.69) is 5.32 Å². The number of amides is 1. The van der Waals surface area contributed by atoms with E-state index >= 15 is 0 Å². The molecule has 5 heteroatoms. The summed E-state index contributed by atoms with van der Waals surface area (Å²) in [4.78, 5) is 14.2. The zero-order valence-electron chi connectivity index (χ0n) is 12.3. The van der Waals surface area contributed by atoms with E-state index in [1.807, 2.05) is 13.1 Å². The van der Waals surface area contributed by atoms with Crippen LogP contribution < -0.4 is 10.2 Å². The fraction of sp³-hybridized carbons (Fsp3) is 0.562. The van der Waals surface area contributed by atoms with Crippen LogP contribution in [-0.4, -0.2) is 26.0 Å². The number of hydrogen-bond acceptors (Lipinski definition) is 2. The van der Waals surface area contributed by atoms with Crippen molar-refractivity contribution in [1.29, 1.82) is 0 Å². The lowest BCUT2D eigenvalue weighted by Crippen LogP contribution is -2.36. The van der Waals surface area contributed by atoms with E-state index < -0.39 is 0 Å². The summed E-state index contributed by atoms with van der Waals surface area (Å²) < 4.78 is 14.3. The minimum atomic E-state index is -0.145. The van der Waals surface area contributed by atoms with E-state index in [0.29, 0.717) is 19.5 Å². The molecule has 1 N–H and O–H groups in total. The Hall–Kier alpha value is -1.13. The summed E-state index contributed by atoms with van der Waals surface area (Å²) in [5, 5.41) is 3.00. The first kappa shape index (κ1) is 16.2. The summed E-state index contributed by atoms with van der Waals surface area (Å²) in [5.74, 6) is -0.0525. The largest absolute Gasteiger partial charge is 0.319 e. The Morgan fingerprint density at radius 2 is 2.10 bits per heavy atom. The van der Waals surface area contributed by atoms with Crippen LogP contribution in [0.25, 0.3) is 0 Å². The minimum Gasteiger partial charge on any atom is -0.319 e. The molecular formula is C16H22ClFN2O. The number of benzene rings is 1. The van der Waals surface area contributed by atoms with E-state index in [1.165, 1.54) is 6.07 Å². The highest BCUT2D eigenvalue weighted by Crippen LogP contribution is 2.51. The Balaban J connectivity index is 0.00000161. The minimum absolute atomic E-state index is 0. The molecule has 1 amide bonds. The molecule has 0 aromatic heterocycles. The number of rotatable bonds is 3. The number of fused-ring (bicyclic) bond motifs is 2. The van der Waals surface area contributed by atoms with Gasteiger partial charge in [-0.2, -0.15) is 0 Å². The maximum Gasteiger partial charge on any atom is 0.228 e. The monoisotopic (exact) mass is 312 g/mol. The average molecular weight is 313 g/mol. The number of nitrogens with one attached hydrogen (secondary N) is 1. The molecule has 1 spiro atoms. The first-order valence-corrected chi connectivity index (χ1v) is 7.42. The van der Waals surface area contributed by atoms with Crippen molar-refractivity contribution in [2.45, 2.75) is 37.5 Å². The molecule has 1 fully saturated rings. The van der Waals surface area contributed by atoms with Gasteiger partial charge in [0.05, 0.1) is 5.69 Å². The lowest BCUT2D eigenvalue weighted by atomic mass is 9.80. The molecule has 116 valence electrons. The molecule has 21 heavy (non-hydrogen) atoms. The molecule has 1 saturated carbocycles. The molecule has 1 aliphatic carbocycles. The third-order valence-electron chi connectivity index (χ3n) is 4.72. The second-order valence-corrected chi connectivity index (χ2v) is 5.95. The Morgan fingerprint density at radius 1 is 1.38 bits per heavy atom. The van der Waals surface area contributed by atoms with Crippen LogP contribution in [0.4, 0.5) is 10.1 Å². The number of anilines is 1. The van der Waals surface area contributed by atoms with Crippen molar-refractivity contribution >= 4 is 24.0 Å². The molecule has 1 aromatic rings. The van der Waals surface area contributed by atoms with Crippen molar-refractivity contribution in [2.24, 2.45) is 0 Å². The van der Waals surface area contributed by atoms with Crippen molar-refractivity contribution in [2.75, 3.05) is 25.0 Å². The van der Waals surface area contributed by atoms with Gasteiger partial charge in [0.25, 0.3) is 0 Å². The molecule has 1 aliphatic heterocycles. The van der Waals surface area contributed by atoms with Gasteiger partial charge in [0.2, 0.25) is 5.91 Å². The van der Waals surface area contributed by atoms with Crippen molar-refractivity contribution in [3.63, 3.8) is 0 Å². The van der Waals surface area contributed by atoms with Gasteiger partial charge in [0.15, 0.2) is 0 Å². The van der Waals surface area contributed by atoms with Crippen molar-refractivity contribution in [3.05, 3.63) is 29.6 Å². The summed E-state index contributed by atoms with van der Waals surface area (Å²) in [7, 11) is 1.84. The van der Waals surface area contributed by atoms with E-state index in [4.69, 9.17) is 0 Å². The second kappa shape index (κ2) is 6.32. The maximum absolute atomic E-state index is 14.3. The smallest absolute Gasteiger partial charge is 0.228 e. The van der Waals surface area contributed by atoms with E-state index in [-0.39, 0.29) is 29.5 Å². The summed E-state index contributed by atoms with van der Waals surface area (Å²) in [6.07, 6.45) is 4.72. The molecule has 0 bridgehead atoms. The molecule has 0 radical (unpaired) electrons. The summed E-state index contributed by atoms with van der Waals surface area (Å²) in [6, 6.07) is 5.13. The SMILES string of the molecule is CNCCC(=O)N1CC2(CCCC2)c2c(F)cccc21.Cl. The lowest BCUT2D eigenvalue weighted by Gasteiger charge is -2.24. The first-order chi connectivity index (χ1) is 9.68. The highest BCUT2D eigenvalue weighted by molar-refractivity contribution is 5.96. The van der Waals surface area contributed by atoms with Crippen LogP contribution in [0.3, 0.4) is 0 Å². The molecule has 2 aliphatic rings. The quantitative estimate of drug-likeness (QED) is 0.930. The van der Waals surface area contributed by atoms with Crippen LogP contribution in [0.2, 0.25) is 0 Å². The topological polar surface area (TPSA) is 32.3 Å². The van der Waals surface area contributed by atoms with Gasteiger partial charge < -0.3 is 10.2 Å². The molecule has 1 heterocycles. The second-order valence-electron chi connectivity index (χ2n) is 5.95. The third kappa shape index (κ3) is 2.67. The number of nitrogens with zero attached hydrogens (tertiary/aromatic N) is 1. The summed E-state index contributed by atoms with van der Waals surface area (Å²) in [5.41, 5.74) is 1.46. The normalized spacial score (nSPS) is 18.7. The van der Waals surface area contributed by atoms with Gasteiger partial charge in [-0.25, -0.2) is 4.39 Å². The maximum atomic E-state index is 14.3. The molecule has 3 rings (SSSR count). The predicted molar refractivity (Wildman–Crippen MR) is 84.7 cm³/mol. The number of halogens is 2. The number of carbonyl (C=O) groups excluding carboxylic acids is 1. The molecule has 0 atom stereocenters. The zero-order valence-corrected chi connectivity index (χ0v) is 13.1. The highest BCUT2D eigenvalue weighted by Gasteiger charge is 2.47.